The molecular weight excluding hydrogens is 580 g/mol. The van der Waals surface area contributed by atoms with Crippen molar-refractivity contribution in [3.63, 3.8) is 0 Å². The van der Waals surface area contributed by atoms with Gasteiger partial charge >= 0.3 is 17.6 Å². The Labute approximate surface area is 257 Å². The molecule has 0 bridgehead atoms. The Morgan fingerprint density at radius 1 is 0.822 bits per heavy atom. The van der Waals surface area contributed by atoms with Crippen LogP contribution in [-0.4, -0.2) is 40.3 Å². The van der Waals surface area contributed by atoms with Crippen molar-refractivity contribution in [1.29, 1.82) is 0 Å². The fraction of sp³-hybridized carbons (Fsp3) is 0.171. The number of alkyl halides is 2. The lowest BCUT2D eigenvalue weighted by Gasteiger charge is -2.37. The summed E-state index contributed by atoms with van der Waals surface area (Å²) in [5.74, 6) is -4.98. The Morgan fingerprint density at radius 3 is 1.80 bits per heavy atom. The zero-order valence-corrected chi connectivity index (χ0v) is 23.9. The number of rotatable bonds is 9. The zero-order valence-electron chi connectivity index (χ0n) is 23.9. The number of hydrogen-bond donors (Lipinski definition) is 1. The van der Waals surface area contributed by atoms with E-state index in [-0.39, 0.29) is 11.4 Å². The van der Waals surface area contributed by atoms with E-state index in [4.69, 9.17) is 19.9 Å². The van der Waals surface area contributed by atoms with Crippen LogP contribution in [0.5, 0.6) is 0 Å². The van der Waals surface area contributed by atoms with Gasteiger partial charge in [0.15, 0.2) is 6.10 Å². The maximum absolute atomic E-state index is 16.3. The SMILES string of the molecule is Nc1ccn(C2O[C@H](COC(c3ccccc3)(c3ccccc3)c3ccccc3)[C@@H](OC(=O)c3ccccc3)C2(F)F)c(=O)n1. The van der Waals surface area contributed by atoms with Crippen LogP contribution in [-0.2, 0) is 19.8 Å². The van der Waals surface area contributed by atoms with E-state index >= 15 is 8.78 Å². The van der Waals surface area contributed by atoms with Crippen LogP contribution in [0.4, 0.5) is 14.6 Å². The molecule has 3 atom stereocenters. The van der Waals surface area contributed by atoms with Gasteiger partial charge in [0.25, 0.3) is 0 Å². The van der Waals surface area contributed by atoms with Crippen LogP contribution >= 0.6 is 0 Å². The largest absolute Gasteiger partial charge is 0.449 e. The van der Waals surface area contributed by atoms with Gasteiger partial charge in [0, 0.05) is 6.20 Å². The highest BCUT2D eigenvalue weighted by Crippen LogP contribution is 2.46. The molecular formula is C35H29F2N3O5. The number of nitrogen functional groups attached to an aromatic ring is 1. The molecule has 228 valence electrons. The number of anilines is 1. The smallest absolute Gasteiger partial charge is 0.351 e. The summed E-state index contributed by atoms with van der Waals surface area (Å²) in [6, 6.07) is 37.1. The van der Waals surface area contributed by atoms with Crippen LogP contribution in [0.15, 0.2) is 138 Å². The van der Waals surface area contributed by atoms with Crippen molar-refractivity contribution in [2.24, 2.45) is 0 Å². The minimum atomic E-state index is -3.87. The first-order valence-corrected chi connectivity index (χ1v) is 14.2. The molecule has 1 fully saturated rings. The van der Waals surface area contributed by atoms with Crippen molar-refractivity contribution in [3.8, 4) is 0 Å². The zero-order chi connectivity index (χ0) is 31.4. The van der Waals surface area contributed by atoms with Gasteiger partial charge in [-0.1, -0.05) is 109 Å². The molecule has 0 radical (unpaired) electrons. The molecule has 1 aliphatic rings. The van der Waals surface area contributed by atoms with Crippen LogP contribution in [0.1, 0.15) is 33.3 Å². The third-order valence-electron chi connectivity index (χ3n) is 7.70. The van der Waals surface area contributed by atoms with Gasteiger partial charge in [0.2, 0.25) is 6.23 Å². The number of aromatic nitrogens is 2. The van der Waals surface area contributed by atoms with Crippen LogP contribution in [0.2, 0.25) is 0 Å². The van der Waals surface area contributed by atoms with Gasteiger partial charge in [0.05, 0.1) is 12.2 Å². The first-order chi connectivity index (χ1) is 21.8. The molecule has 1 aliphatic heterocycles. The Bertz CT molecular complexity index is 1710. The fourth-order valence-corrected chi connectivity index (χ4v) is 5.59. The number of benzene rings is 4. The van der Waals surface area contributed by atoms with Gasteiger partial charge < -0.3 is 19.9 Å². The number of ether oxygens (including phenoxy) is 3. The Balaban J connectivity index is 1.43. The van der Waals surface area contributed by atoms with E-state index in [1.165, 1.54) is 18.2 Å². The number of esters is 1. The molecule has 4 aromatic carbocycles. The topological polar surface area (TPSA) is 106 Å². The molecule has 5 aromatic rings. The Kier molecular flexibility index (Phi) is 8.25. The van der Waals surface area contributed by atoms with Crippen LogP contribution in [0.3, 0.4) is 0 Å². The second kappa shape index (κ2) is 12.4. The van der Waals surface area contributed by atoms with Gasteiger partial charge in [-0.15, -0.1) is 0 Å². The Morgan fingerprint density at radius 2 is 1.31 bits per heavy atom. The molecule has 2 heterocycles. The van der Waals surface area contributed by atoms with E-state index in [0.717, 1.165) is 22.9 Å². The molecule has 6 rings (SSSR count). The van der Waals surface area contributed by atoms with Gasteiger partial charge in [-0.3, -0.25) is 4.57 Å². The van der Waals surface area contributed by atoms with Crippen molar-refractivity contribution in [3.05, 3.63) is 166 Å². The molecule has 1 unspecified atom stereocenters. The van der Waals surface area contributed by atoms with E-state index in [9.17, 15) is 9.59 Å². The van der Waals surface area contributed by atoms with E-state index in [1.54, 1.807) is 18.2 Å². The summed E-state index contributed by atoms with van der Waals surface area (Å²) in [4.78, 5) is 29.3. The number of nitrogens with two attached hydrogens (primary N) is 1. The highest BCUT2D eigenvalue weighted by molar-refractivity contribution is 5.89. The highest BCUT2D eigenvalue weighted by atomic mass is 19.3. The second-order valence-corrected chi connectivity index (χ2v) is 10.5. The van der Waals surface area contributed by atoms with Crippen LogP contribution in [0, 0.1) is 0 Å². The standard InChI is InChI=1S/C35H29F2N3O5/c36-35(37)30(45-31(41)24-13-5-1-6-14-24)28(44-32(35)40-22-21-29(38)39-33(40)42)23-43-34(25-15-7-2-8-16-25,26-17-9-3-10-18-26)27-19-11-4-12-20-27/h1-22,28,30,32H,23H2,(H2,38,39,42)/t28-,30-,32?/m1/s1. The fourth-order valence-electron chi connectivity index (χ4n) is 5.59. The molecule has 45 heavy (non-hydrogen) atoms. The molecule has 8 nitrogen and oxygen atoms in total. The summed E-state index contributed by atoms with van der Waals surface area (Å²) < 4.78 is 51.3. The maximum Gasteiger partial charge on any atom is 0.351 e. The molecule has 1 aromatic heterocycles. The van der Waals surface area contributed by atoms with Crippen molar-refractivity contribution < 1.29 is 27.8 Å². The van der Waals surface area contributed by atoms with Crippen molar-refractivity contribution in [2.45, 2.75) is 30.0 Å². The van der Waals surface area contributed by atoms with Gasteiger partial charge in [-0.2, -0.15) is 13.8 Å². The van der Waals surface area contributed by atoms with Crippen molar-refractivity contribution in [1.82, 2.24) is 9.55 Å². The number of carbonyl (C=O) groups is 1. The van der Waals surface area contributed by atoms with Crippen molar-refractivity contribution in [2.75, 3.05) is 12.3 Å². The summed E-state index contributed by atoms with van der Waals surface area (Å²) in [6.45, 7) is -0.450. The predicted molar refractivity (Wildman–Crippen MR) is 163 cm³/mol. The molecule has 0 amide bonds. The third-order valence-corrected chi connectivity index (χ3v) is 7.70. The number of halogens is 2. The van der Waals surface area contributed by atoms with Crippen LogP contribution in [0.25, 0.3) is 0 Å². The van der Waals surface area contributed by atoms with E-state index in [2.05, 4.69) is 4.98 Å². The normalized spacial score (nSPS) is 19.2. The molecule has 2 N–H and O–H groups in total. The second-order valence-electron chi connectivity index (χ2n) is 10.5. The quantitative estimate of drug-likeness (QED) is 0.172. The molecule has 10 heteroatoms. The summed E-state index contributed by atoms with van der Waals surface area (Å²) >= 11 is 0. The number of carbonyl (C=O) groups excluding carboxylic acids is 1. The van der Waals surface area contributed by atoms with Gasteiger partial charge in [0.1, 0.15) is 17.5 Å². The average Bonchev–Trinajstić information content (AvgIpc) is 3.31. The van der Waals surface area contributed by atoms with Crippen molar-refractivity contribution >= 4 is 11.8 Å². The number of hydrogen-bond acceptors (Lipinski definition) is 7. The first-order valence-electron chi connectivity index (χ1n) is 14.2. The molecule has 0 aliphatic carbocycles. The summed E-state index contributed by atoms with van der Waals surface area (Å²) in [7, 11) is 0. The minimum absolute atomic E-state index is 0.0786. The third kappa shape index (κ3) is 5.73. The van der Waals surface area contributed by atoms with Gasteiger partial charge in [-0.25, -0.2) is 9.59 Å². The summed E-state index contributed by atoms with van der Waals surface area (Å²) in [5, 5.41) is 0. The monoisotopic (exact) mass is 609 g/mol. The lowest BCUT2D eigenvalue weighted by Crippen LogP contribution is -2.45. The maximum atomic E-state index is 16.3. The minimum Gasteiger partial charge on any atom is -0.449 e. The summed E-state index contributed by atoms with van der Waals surface area (Å²) in [6.07, 6.45) is -4.71. The highest BCUT2D eigenvalue weighted by Gasteiger charge is 2.63. The molecule has 1 saturated heterocycles. The molecule has 0 spiro atoms. The first kappa shape index (κ1) is 29.9. The lowest BCUT2D eigenvalue weighted by atomic mass is 9.80. The average molecular weight is 610 g/mol. The van der Waals surface area contributed by atoms with Gasteiger partial charge in [-0.05, 0) is 34.9 Å². The Hall–Kier alpha value is -5.19. The van der Waals surface area contributed by atoms with Crippen LogP contribution < -0.4 is 11.4 Å². The van der Waals surface area contributed by atoms with E-state index in [1.807, 2.05) is 91.0 Å². The predicted octanol–water partition coefficient (Wildman–Crippen LogP) is 5.59. The summed E-state index contributed by atoms with van der Waals surface area (Å²) in [5.41, 5.74) is 5.58. The molecule has 0 saturated carbocycles. The van der Waals surface area contributed by atoms with E-state index < -0.39 is 48.2 Å². The van der Waals surface area contributed by atoms with E-state index in [0.29, 0.717) is 4.57 Å². The number of nitrogens with zero attached hydrogens (tertiary/aromatic N) is 2. The lowest BCUT2D eigenvalue weighted by molar-refractivity contribution is -0.143.